The molecule has 2 amide bonds. The van der Waals surface area contributed by atoms with Crippen LogP contribution in [0.3, 0.4) is 0 Å². The van der Waals surface area contributed by atoms with E-state index >= 15 is 0 Å². The maximum atomic E-state index is 12.5. The van der Waals surface area contributed by atoms with Gasteiger partial charge in [0.15, 0.2) is 0 Å². The number of carbonyl (C=O) groups is 3. The number of aliphatic hydroxyl groups is 3. The molecule has 0 saturated carbocycles. The number of carboxylic acid groups (broad SMARTS) is 1. The SMILES string of the molecule is CC(=O)Nc1c(I)c(NC(=O)C(CO)(CO)CO)c(I)c(C(=O)O)c1I. The zero-order valence-electron chi connectivity index (χ0n) is 13.3. The van der Waals surface area contributed by atoms with Gasteiger partial charge in [0.25, 0.3) is 0 Å². The Morgan fingerprint density at radius 3 is 1.65 bits per heavy atom. The molecule has 0 bridgehead atoms. The van der Waals surface area contributed by atoms with E-state index in [1.807, 2.05) is 22.6 Å². The van der Waals surface area contributed by atoms with E-state index in [-0.39, 0.29) is 24.1 Å². The first kappa shape index (κ1) is 23.7. The number of benzene rings is 1. The van der Waals surface area contributed by atoms with Gasteiger partial charge in [0.1, 0.15) is 5.41 Å². The molecule has 0 fully saturated rings. The van der Waals surface area contributed by atoms with Gasteiger partial charge in [0.05, 0.1) is 47.5 Å². The van der Waals surface area contributed by atoms with Crippen LogP contribution in [-0.2, 0) is 9.59 Å². The van der Waals surface area contributed by atoms with Crippen LogP contribution < -0.4 is 10.6 Å². The van der Waals surface area contributed by atoms with Gasteiger partial charge in [0.2, 0.25) is 11.8 Å². The molecule has 0 saturated heterocycles. The van der Waals surface area contributed by atoms with E-state index in [1.54, 1.807) is 45.2 Å². The summed E-state index contributed by atoms with van der Waals surface area (Å²) in [5.74, 6) is -2.56. The molecule has 0 spiro atoms. The Labute approximate surface area is 189 Å². The monoisotopic (exact) mass is 704 g/mol. The van der Waals surface area contributed by atoms with Crippen molar-refractivity contribution in [1.29, 1.82) is 0 Å². The van der Waals surface area contributed by atoms with E-state index in [0.717, 1.165) is 0 Å². The number of carbonyl (C=O) groups excluding carboxylic acids is 2. The number of hydrogen-bond donors (Lipinski definition) is 6. The second-order valence-electron chi connectivity index (χ2n) is 5.26. The van der Waals surface area contributed by atoms with Crippen LogP contribution in [0.5, 0.6) is 0 Å². The fourth-order valence-corrected chi connectivity index (χ4v) is 6.03. The predicted molar refractivity (Wildman–Crippen MR) is 118 cm³/mol. The highest BCUT2D eigenvalue weighted by Crippen LogP contribution is 2.39. The molecular weight excluding hydrogens is 689 g/mol. The standard InChI is InChI=1S/C14H15I3N2O7/c1-5(23)18-10-7(15)6(12(24)25)8(16)11(9(10)17)19-13(26)14(2-20,3-21)4-22/h20-22H,2-4H2,1H3,(H,18,23)(H,19,26)(H,24,25). The van der Waals surface area contributed by atoms with E-state index in [4.69, 9.17) is 0 Å². The molecule has 1 aromatic rings. The van der Waals surface area contributed by atoms with Crippen LogP contribution in [0, 0.1) is 16.1 Å². The molecule has 0 aliphatic rings. The first-order valence-corrected chi connectivity index (χ1v) is 10.1. The Balaban J connectivity index is 3.61. The molecule has 9 nitrogen and oxygen atoms in total. The second-order valence-corrected chi connectivity index (χ2v) is 8.50. The van der Waals surface area contributed by atoms with Crippen LogP contribution in [0.25, 0.3) is 0 Å². The summed E-state index contributed by atoms with van der Waals surface area (Å²) in [7, 11) is 0. The zero-order chi connectivity index (χ0) is 20.2. The first-order valence-electron chi connectivity index (χ1n) is 6.91. The lowest BCUT2D eigenvalue weighted by atomic mass is 9.90. The molecule has 0 aromatic heterocycles. The molecule has 0 radical (unpaired) electrons. The van der Waals surface area contributed by atoms with Crippen molar-refractivity contribution in [1.82, 2.24) is 0 Å². The molecule has 0 aliphatic heterocycles. The normalized spacial score (nSPS) is 11.2. The van der Waals surface area contributed by atoms with Crippen molar-refractivity contribution in [2.45, 2.75) is 6.92 Å². The largest absolute Gasteiger partial charge is 0.478 e. The fourth-order valence-electron chi connectivity index (χ4n) is 1.86. The van der Waals surface area contributed by atoms with Crippen molar-refractivity contribution in [3.05, 3.63) is 16.3 Å². The molecule has 0 unspecified atom stereocenters. The summed E-state index contributed by atoms with van der Waals surface area (Å²) in [5, 5.41) is 42.7. The van der Waals surface area contributed by atoms with Crippen LogP contribution in [0.4, 0.5) is 11.4 Å². The molecule has 6 N–H and O–H groups in total. The summed E-state index contributed by atoms with van der Waals surface area (Å²) < 4.78 is 0.858. The molecule has 1 rings (SSSR count). The number of nitrogens with one attached hydrogen (secondary N) is 2. The van der Waals surface area contributed by atoms with Crippen molar-refractivity contribution in [3.8, 4) is 0 Å². The average Bonchev–Trinajstić information content (AvgIpc) is 2.57. The summed E-state index contributed by atoms with van der Waals surface area (Å²) in [6, 6.07) is 0. The number of halogens is 3. The lowest BCUT2D eigenvalue weighted by Gasteiger charge is -2.27. The highest BCUT2D eigenvalue weighted by molar-refractivity contribution is 14.1. The molecule has 1 aromatic carbocycles. The summed E-state index contributed by atoms with van der Waals surface area (Å²) >= 11 is 5.39. The van der Waals surface area contributed by atoms with E-state index in [9.17, 15) is 34.8 Å². The van der Waals surface area contributed by atoms with Crippen molar-refractivity contribution < 1.29 is 34.8 Å². The van der Waals surface area contributed by atoms with Crippen molar-refractivity contribution in [3.63, 3.8) is 0 Å². The fraction of sp³-hybridized carbons (Fsp3) is 0.357. The van der Waals surface area contributed by atoms with Gasteiger partial charge in [-0.15, -0.1) is 0 Å². The topological polar surface area (TPSA) is 156 Å². The highest BCUT2D eigenvalue weighted by Gasteiger charge is 2.38. The summed E-state index contributed by atoms with van der Waals surface area (Å²) in [6.07, 6.45) is 0. The summed E-state index contributed by atoms with van der Waals surface area (Å²) in [5.41, 5.74) is -1.65. The third kappa shape index (κ3) is 4.75. The summed E-state index contributed by atoms with van der Waals surface area (Å²) in [6.45, 7) is -1.17. The van der Waals surface area contributed by atoms with E-state index in [2.05, 4.69) is 10.6 Å². The minimum atomic E-state index is -1.84. The third-order valence-electron chi connectivity index (χ3n) is 3.46. The minimum Gasteiger partial charge on any atom is -0.478 e. The molecule has 0 atom stereocenters. The van der Waals surface area contributed by atoms with Gasteiger partial charge in [0, 0.05) is 6.92 Å². The Morgan fingerprint density at radius 2 is 1.31 bits per heavy atom. The van der Waals surface area contributed by atoms with E-state index in [1.165, 1.54) is 6.92 Å². The van der Waals surface area contributed by atoms with Crippen molar-refractivity contribution in [2.24, 2.45) is 5.41 Å². The Hall–Kier alpha value is -0.300. The maximum Gasteiger partial charge on any atom is 0.338 e. The Kier molecular flexibility index (Phi) is 8.91. The van der Waals surface area contributed by atoms with Gasteiger partial charge < -0.3 is 31.1 Å². The van der Waals surface area contributed by atoms with E-state index in [0.29, 0.717) is 3.57 Å². The molecule has 0 aliphatic carbocycles. The zero-order valence-corrected chi connectivity index (χ0v) is 19.7. The smallest absolute Gasteiger partial charge is 0.338 e. The number of hydrogen-bond acceptors (Lipinski definition) is 6. The van der Waals surface area contributed by atoms with Gasteiger partial charge in [-0.05, 0) is 67.8 Å². The molecule has 12 heteroatoms. The van der Waals surface area contributed by atoms with Crippen molar-refractivity contribution >= 4 is 96.9 Å². The van der Waals surface area contributed by atoms with Gasteiger partial charge in [-0.2, -0.15) is 0 Å². The number of amides is 2. The molecule has 26 heavy (non-hydrogen) atoms. The van der Waals surface area contributed by atoms with Crippen LogP contribution >= 0.6 is 67.8 Å². The van der Waals surface area contributed by atoms with Crippen LogP contribution in [0.1, 0.15) is 17.3 Å². The average molecular weight is 704 g/mol. The summed E-state index contributed by atoms with van der Waals surface area (Å²) in [4.78, 5) is 35.6. The van der Waals surface area contributed by atoms with Gasteiger partial charge >= 0.3 is 5.97 Å². The van der Waals surface area contributed by atoms with Crippen molar-refractivity contribution in [2.75, 3.05) is 30.5 Å². The Morgan fingerprint density at radius 1 is 0.885 bits per heavy atom. The first-order chi connectivity index (χ1) is 12.1. The lowest BCUT2D eigenvalue weighted by molar-refractivity contribution is -0.134. The van der Waals surface area contributed by atoms with Crippen LogP contribution in [0.15, 0.2) is 0 Å². The highest BCUT2D eigenvalue weighted by atomic mass is 127. The predicted octanol–water partition coefficient (Wildman–Crippen LogP) is 1.06. The van der Waals surface area contributed by atoms with E-state index < -0.39 is 43.0 Å². The van der Waals surface area contributed by atoms with Gasteiger partial charge in [-0.3, -0.25) is 9.59 Å². The Bertz CT molecular complexity index is 743. The number of rotatable bonds is 7. The van der Waals surface area contributed by atoms with Gasteiger partial charge in [-0.1, -0.05) is 0 Å². The molecule has 0 heterocycles. The molecular formula is C14H15I3N2O7. The second kappa shape index (κ2) is 9.76. The van der Waals surface area contributed by atoms with Gasteiger partial charge in [-0.25, -0.2) is 4.79 Å². The number of aliphatic hydroxyl groups excluding tert-OH is 3. The maximum absolute atomic E-state index is 12.5. The number of carboxylic acids is 1. The van der Waals surface area contributed by atoms with Crippen LogP contribution in [-0.4, -0.2) is 58.0 Å². The van der Waals surface area contributed by atoms with Crippen LogP contribution in [0.2, 0.25) is 0 Å². The number of aromatic carboxylic acids is 1. The third-order valence-corrected chi connectivity index (χ3v) is 6.70. The lowest BCUT2D eigenvalue weighted by Crippen LogP contribution is -2.45. The minimum absolute atomic E-state index is 0.0949. The number of anilines is 2. The molecule has 144 valence electrons. The quantitative estimate of drug-likeness (QED) is 0.232.